The van der Waals surface area contributed by atoms with Gasteiger partial charge in [0.15, 0.2) is 11.5 Å². The fourth-order valence-electron chi connectivity index (χ4n) is 2.98. The molecule has 0 saturated carbocycles. The SMILES string of the molecule is CC(=O)c1ccc(N2CCN(C(=O)c3coc(C(N)C(C)O)n3)CC2)cc1. The minimum absolute atomic E-state index is 0.0410. The lowest BCUT2D eigenvalue weighted by atomic mass is 10.1. The van der Waals surface area contributed by atoms with Gasteiger partial charge in [-0.1, -0.05) is 0 Å². The zero-order valence-corrected chi connectivity index (χ0v) is 15.5. The first-order chi connectivity index (χ1) is 12.9. The highest BCUT2D eigenvalue weighted by Gasteiger charge is 2.26. The predicted octanol–water partition coefficient (Wildman–Crippen LogP) is 1.22. The number of benzene rings is 1. The smallest absolute Gasteiger partial charge is 0.275 e. The van der Waals surface area contributed by atoms with Gasteiger partial charge in [0, 0.05) is 37.4 Å². The summed E-state index contributed by atoms with van der Waals surface area (Å²) >= 11 is 0. The van der Waals surface area contributed by atoms with Crippen molar-refractivity contribution < 1.29 is 19.1 Å². The molecule has 2 aromatic rings. The molecule has 1 aliphatic heterocycles. The average molecular weight is 372 g/mol. The first kappa shape index (κ1) is 19.1. The number of ketones is 1. The number of Topliss-reactive ketones (excluding diaryl/α,β-unsaturated/α-hetero) is 1. The molecule has 144 valence electrons. The van der Waals surface area contributed by atoms with Crippen LogP contribution >= 0.6 is 0 Å². The minimum atomic E-state index is -0.815. The quantitative estimate of drug-likeness (QED) is 0.759. The largest absolute Gasteiger partial charge is 0.446 e. The summed E-state index contributed by atoms with van der Waals surface area (Å²) in [5, 5.41) is 9.51. The number of amides is 1. The normalized spacial score (nSPS) is 16.9. The Balaban J connectivity index is 1.60. The molecule has 3 N–H and O–H groups in total. The Morgan fingerprint density at radius 1 is 1.19 bits per heavy atom. The first-order valence-corrected chi connectivity index (χ1v) is 8.91. The van der Waals surface area contributed by atoms with Gasteiger partial charge in [0.05, 0.1) is 6.10 Å². The molecule has 8 heteroatoms. The number of aliphatic hydroxyl groups excluding tert-OH is 1. The standard InChI is InChI=1S/C19H24N4O4/c1-12(24)14-3-5-15(6-4-14)22-7-9-23(10-8-22)19(26)16-11-27-18(21-16)17(20)13(2)25/h3-6,11,13,17,25H,7-10,20H2,1-2H3. The third kappa shape index (κ3) is 4.17. The van der Waals surface area contributed by atoms with Crippen LogP contribution in [-0.4, -0.2) is 59.0 Å². The van der Waals surface area contributed by atoms with Crippen LogP contribution in [0.15, 0.2) is 34.9 Å². The van der Waals surface area contributed by atoms with E-state index in [1.165, 1.54) is 6.26 Å². The Morgan fingerprint density at radius 2 is 1.81 bits per heavy atom. The molecule has 1 amide bonds. The van der Waals surface area contributed by atoms with Crippen molar-refractivity contribution in [3.05, 3.63) is 47.7 Å². The molecule has 0 aliphatic carbocycles. The maximum atomic E-state index is 12.6. The number of nitrogens with two attached hydrogens (primary N) is 1. The first-order valence-electron chi connectivity index (χ1n) is 8.91. The molecule has 2 atom stereocenters. The Morgan fingerprint density at radius 3 is 2.37 bits per heavy atom. The van der Waals surface area contributed by atoms with Gasteiger partial charge < -0.3 is 25.1 Å². The fourth-order valence-corrected chi connectivity index (χ4v) is 2.98. The van der Waals surface area contributed by atoms with E-state index in [2.05, 4.69) is 9.88 Å². The van der Waals surface area contributed by atoms with Crippen LogP contribution in [0.25, 0.3) is 0 Å². The third-order valence-electron chi connectivity index (χ3n) is 4.75. The molecule has 0 spiro atoms. The van der Waals surface area contributed by atoms with Gasteiger partial charge >= 0.3 is 0 Å². The molecule has 0 bridgehead atoms. The van der Waals surface area contributed by atoms with Crippen LogP contribution in [0.2, 0.25) is 0 Å². The number of piperazine rings is 1. The predicted molar refractivity (Wildman–Crippen MR) is 99.7 cm³/mol. The second-order valence-corrected chi connectivity index (χ2v) is 6.72. The molecular formula is C19H24N4O4. The van der Waals surface area contributed by atoms with E-state index in [1.807, 2.05) is 24.3 Å². The number of aliphatic hydroxyl groups is 1. The second kappa shape index (κ2) is 7.89. The van der Waals surface area contributed by atoms with E-state index in [9.17, 15) is 14.7 Å². The number of rotatable bonds is 5. The van der Waals surface area contributed by atoms with Gasteiger partial charge in [-0.15, -0.1) is 0 Å². The summed E-state index contributed by atoms with van der Waals surface area (Å²) in [5.74, 6) is -0.0221. The van der Waals surface area contributed by atoms with Gasteiger partial charge in [0.2, 0.25) is 5.89 Å². The van der Waals surface area contributed by atoms with Crippen LogP contribution in [-0.2, 0) is 0 Å². The average Bonchev–Trinajstić information content (AvgIpc) is 3.17. The highest BCUT2D eigenvalue weighted by Crippen LogP contribution is 2.19. The van der Waals surface area contributed by atoms with E-state index in [1.54, 1.807) is 18.7 Å². The number of hydrogen-bond acceptors (Lipinski definition) is 7. The van der Waals surface area contributed by atoms with Crippen molar-refractivity contribution in [2.75, 3.05) is 31.1 Å². The lowest BCUT2D eigenvalue weighted by molar-refractivity contribution is 0.0740. The Labute approximate surface area is 157 Å². The van der Waals surface area contributed by atoms with Crippen molar-refractivity contribution in [3.63, 3.8) is 0 Å². The number of nitrogens with zero attached hydrogens (tertiary/aromatic N) is 3. The van der Waals surface area contributed by atoms with Crippen LogP contribution in [0.4, 0.5) is 5.69 Å². The van der Waals surface area contributed by atoms with Crippen molar-refractivity contribution in [3.8, 4) is 0 Å². The maximum Gasteiger partial charge on any atom is 0.275 e. The molecule has 2 unspecified atom stereocenters. The van der Waals surface area contributed by atoms with Crippen LogP contribution in [0, 0.1) is 0 Å². The Bertz CT molecular complexity index is 807. The molecular weight excluding hydrogens is 348 g/mol. The fraction of sp³-hybridized carbons (Fsp3) is 0.421. The molecule has 1 aliphatic rings. The van der Waals surface area contributed by atoms with Crippen LogP contribution in [0.3, 0.4) is 0 Å². The molecule has 1 saturated heterocycles. The number of anilines is 1. The van der Waals surface area contributed by atoms with E-state index in [0.29, 0.717) is 31.7 Å². The number of carbonyl (C=O) groups excluding carboxylic acids is 2. The van der Waals surface area contributed by atoms with Gasteiger partial charge in [0.25, 0.3) is 5.91 Å². The molecule has 3 rings (SSSR count). The zero-order chi connectivity index (χ0) is 19.6. The maximum absolute atomic E-state index is 12.6. The van der Waals surface area contributed by atoms with E-state index in [4.69, 9.17) is 10.2 Å². The summed E-state index contributed by atoms with van der Waals surface area (Å²) in [5.41, 5.74) is 7.69. The van der Waals surface area contributed by atoms with Crippen molar-refractivity contribution in [2.24, 2.45) is 5.73 Å². The van der Waals surface area contributed by atoms with Crippen molar-refractivity contribution in [2.45, 2.75) is 26.0 Å². The summed E-state index contributed by atoms with van der Waals surface area (Å²) in [6.45, 7) is 5.56. The van der Waals surface area contributed by atoms with E-state index in [0.717, 1.165) is 5.69 Å². The summed E-state index contributed by atoms with van der Waals surface area (Å²) < 4.78 is 5.24. The second-order valence-electron chi connectivity index (χ2n) is 6.72. The van der Waals surface area contributed by atoms with E-state index >= 15 is 0 Å². The van der Waals surface area contributed by atoms with Crippen LogP contribution in [0.1, 0.15) is 46.6 Å². The lowest BCUT2D eigenvalue weighted by Crippen LogP contribution is -2.48. The van der Waals surface area contributed by atoms with Crippen molar-refractivity contribution >= 4 is 17.4 Å². The van der Waals surface area contributed by atoms with Gasteiger partial charge in [-0.05, 0) is 38.1 Å². The highest BCUT2D eigenvalue weighted by atomic mass is 16.3. The minimum Gasteiger partial charge on any atom is -0.446 e. The molecule has 0 radical (unpaired) electrons. The van der Waals surface area contributed by atoms with Crippen molar-refractivity contribution in [1.82, 2.24) is 9.88 Å². The third-order valence-corrected chi connectivity index (χ3v) is 4.75. The zero-order valence-electron chi connectivity index (χ0n) is 15.5. The van der Waals surface area contributed by atoms with Gasteiger partial charge in [-0.2, -0.15) is 0 Å². The topological polar surface area (TPSA) is 113 Å². The molecule has 27 heavy (non-hydrogen) atoms. The van der Waals surface area contributed by atoms with Crippen molar-refractivity contribution in [1.29, 1.82) is 0 Å². The molecule has 1 aromatic heterocycles. The van der Waals surface area contributed by atoms with Crippen LogP contribution in [0.5, 0.6) is 0 Å². The monoisotopic (exact) mass is 372 g/mol. The molecule has 2 heterocycles. The molecule has 8 nitrogen and oxygen atoms in total. The summed E-state index contributed by atoms with van der Waals surface area (Å²) in [6.07, 6.45) is 0.469. The van der Waals surface area contributed by atoms with Gasteiger partial charge in [-0.3, -0.25) is 9.59 Å². The van der Waals surface area contributed by atoms with Gasteiger partial charge in [0.1, 0.15) is 12.3 Å². The summed E-state index contributed by atoms with van der Waals surface area (Å²) in [7, 11) is 0. The Kier molecular flexibility index (Phi) is 5.57. The summed E-state index contributed by atoms with van der Waals surface area (Å²) in [6, 6.07) is 6.72. The number of hydrogen-bond donors (Lipinski definition) is 2. The van der Waals surface area contributed by atoms with Gasteiger partial charge in [-0.25, -0.2) is 4.98 Å². The Hall–Kier alpha value is -2.71. The number of aromatic nitrogens is 1. The lowest BCUT2D eigenvalue weighted by Gasteiger charge is -2.35. The van der Waals surface area contributed by atoms with E-state index in [-0.39, 0.29) is 23.3 Å². The number of carbonyl (C=O) groups is 2. The van der Waals surface area contributed by atoms with Crippen LogP contribution < -0.4 is 10.6 Å². The van der Waals surface area contributed by atoms with E-state index < -0.39 is 12.1 Å². The summed E-state index contributed by atoms with van der Waals surface area (Å²) in [4.78, 5) is 32.0. The molecule has 1 fully saturated rings. The number of oxazole rings is 1. The highest BCUT2D eigenvalue weighted by molar-refractivity contribution is 5.94. The molecule has 1 aromatic carbocycles.